The Labute approximate surface area is 60.8 Å². The Balaban J connectivity index is 2.58. The molecule has 0 aliphatic heterocycles. The van der Waals surface area contributed by atoms with Gasteiger partial charge in [-0.05, 0) is 24.8 Å². The highest BCUT2D eigenvalue weighted by Gasteiger charge is 2.14. The van der Waals surface area contributed by atoms with Crippen molar-refractivity contribution in [1.29, 1.82) is 5.26 Å². The van der Waals surface area contributed by atoms with Gasteiger partial charge in [-0.1, -0.05) is 6.42 Å². The number of aliphatic hydroxyl groups excluding tert-OH is 1. The van der Waals surface area contributed by atoms with E-state index in [0.29, 0.717) is 0 Å². The van der Waals surface area contributed by atoms with Crippen LogP contribution in [0.2, 0.25) is 0 Å². The molecule has 0 amide bonds. The molecule has 54 valence electrons. The van der Waals surface area contributed by atoms with E-state index >= 15 is 0 Å². The normalized spacial score (nSPS) is 30.0. The number of aliphatic hydroxyl groups is 1. The van der Waals surface area contributed by atoms with Crippen LogP contribution in [0.1, 0.15) is 25.7 Å². The number of rotatable bonds is 0. The molecule has 1 atom stereocenters. The molecule has 1 aliphatic rings. The molecule has 1 fully saturated rings. The third-order valence-corrected chi connectivity index (χ3v) is 1.87. The quantitative estimate of drug-likeness (QED) is 0.512. The number of allylic oxidation sites excluding steroid dienone is 1. The molecule has 0 radical (unpaired) electrons. The number of nitriles is 1. The van der Waals surface area contributed by atoms with Crippen LogP contribution in [0.15, 0.2) is 11.6 Å². The first-order chi connectivity index (χ1) is 4.84. The van der Waals surface area contributed by atoms with Crippen LogP contribution in [-0.2, 0) is 0 Å². The highest BCUT2D eigenvalue weighted by molar-refractivity contribution is 5.18. The Morgan fingerprint density at radius 1 is 1.60 bits per heavy atom. The molecule has 2 nitrogen and oxygen atoms in total. The van der Waals surface area contributed by atoms with Gasteiger partial charge in [0.25, 0.3) is 0 Å². The summed E-state index contributed by atoms with van der Waals surface area (Å²) in [4.78, 5) is 0. The topological polar surface area (TPSA) is 44.0 Å². The van der Waals surface area contributed by atoms with E-state index in [1.807, 2.05) is 6.07 Å². The van der Waals surface area contributed by atoms with Gasteiger partial charge in [-0.2, -0.15) is 5.26 Å². The standard InChI is InChI=1S/C8H11NO/c9-6-5-7-3-1-2-4-8(7)10/h5,8,10H,1-4H2/b7-5-/t8-/m0/s1. The molecule has 0 heterocycles. The highest BCUT2D eigenvalue weighted by atomic mass is 16.3. The van der Waals surface area contributed by atoms with Crippen LogP contribution >= 0.6 is 0 Å². The predicted molar refractivity (Wildman–Crippen MR) is 38.2 cm³/mol. The minimum Gasteiger partial charge on any atom is -0.389 e. The molecule has 0 saturated heterocycles. The lowest BCUT2D eigenvalue weighted by Gasteiger charge is -2.18. The summed E-state index contributed by atoms with van der Waals surface area (Å²) < 4.78 is 0. The molecule has 0 bridgehead atoms. The van der Waals surface area contributed by atoms with Gasteiger partial charge >= 0.3 is 0 Å². The lowest BCUT2D eigenvalue weighted by Crippen LogP contribution is -2.14. The average molecular weight is 137 g/mol. The van der Waals surface area contributed by atoms with Gasteiger partial charge in [-0.15, -0.1) is 0 Å². The zero-order valence-electron chi connectivity index (χ0n) is 5.88. The van der Waals surface area contributed by atoms with E-state index in [1.165, 1.54) is 6.08 Å². The Morgan fingerprint density at radius 3 is 3.00 bits per heavy atom. The molecule has 0 aromatic carbocycles. The second-order valence-corrected chi connectivity index (χ2v) is 2.61. The lowest BCUT2D eigenvalue weighted by molar-refractivity contribution is 0.178. The van der Waals surface area contributed by atoms with Crippen molar-refractivity contribution in [2.75, 3.05) is 0 Å². The lowest BCUT2D eigenvalue weighted by atomic mass is 9.92. The molecule has 1 rings (SSSR count). The first-order valence-corrected chi connectivity index (χ1v) is 3.61. The van der Waals surface area contributed by atoms with Crippen molar-refractivity contribution in [3.63, 3.8) is 0 Å². The largest absolute Gasteiger partial charge is 0.389 e. The predicted octanol–water partition coefficient (Wildman–Crippen LogP) is 1.37. The van der Waals surface area contributed by atoms with Crippen LogP contribution in [0, 0.1) is 11.3 Å². The molecule has 0 unspecified atom stereocenters. The molecule has 1 N–H and O–H groups in total. The molecule has 1 aliphatic carbocycles. The van der Waals surface area contributed by atoms with E-state index in [-0.39, 0.29) is 6.10 Å². The van der Waals surface area contributed by atoms with Gasteiger partial charge in [-0.25, -0.2) is 0 Å². The maximum Gasteiger partial charge on any atom is 0.0912 e. The molecule has 0 spiro atoms. The van der Waals surface area contributed by atoms with Crippen molar-refractivity contribution in [3.8, 4) is 6.07 Å². The Kier molecular flexibility index (Phi) is 2.47. The molecule has 0 aromatic rings. The second-order valence-electron chi connectivity index (χ2n) is 2.61. The maximum atomic E-state index is 9.28. The Bertz CT molecular complexity index is 178. The Hall–Kier alpha value is -0.810. The van der Waals surface area contributed by atoms with Gasteiger partial charge in [-0.3, -0.25) is 0 Å². The monoisotopic (exact) mass is 137 g/mol. The van der Waals surface area contributed by atoms with Gasteiger partial charge in [0.2, 0.25) is 0 Å². The molecular weight excluding hydrogens is 126 g/mol. The van der Waals surface area contributed by atoms with Gasteiger partial charge in [0.05, 0.1) is 12.2 Å². The van der Waals surface area contributed by atoms with Crippen LogP contribution in [-0.4, -0.2) is 11.2 Å². The van der Waals surface area contributed by atoms with Crippen LogP contribution in [0.4, 0.5) is 0 Å². The summed E-state index contributed by atoms with van der Waals surface area (Å²) >= 11 is 0. The fourth-order valence-electron chi connectivity index (χ4n) is 1.27. The summed E-state index contributed by atoms with van der Waals surface area (Å²) in [5, 5.41) is 17.6. The number of hydrogen-bond donors (Lipinski definition) is 1. The first-order valence-electron chi connectivity index (χ1n) is 3.61. The van der Waals surface area contributed by atoms with Crippen molar-refractivity contribution in [2.45, 2.75) is 31.8 Å². The van der Waals surface area contributed by atoms with Crippen LogP contribution < -0.4 is 0 Å². The smallest absolute Gasteiger partial charge is 0.0912 e. The van der Waals surface area contributed by atoms with Gasteiger partial charge in [0, 0.05) is 6.08 Å². The molecular formula is C8H11NO. The summed E-state index contributed by atoms with van der Waals surface area (Å²) in [5.41, 5.74) is 0.911. The fraction of sp³-hybridized carbons (Fsp3) is 0.625. The third kappa shape index (κ3) is 1.58. The summed E-state index contributed by atoms with van der Waals surface area (Å²) in [7, 11) is 0. The van der Waals surface area contributed by atoms with Crippen molar-refractivity contribution < 1.29 is 5.11 Å². The summed E-state index contributed by atoms with van der Waals surface area (Å²) in [6, 6.07) is 1.95. The fourth-order valence-corrected chi connectivity index (χ4v) is 1.27. The SMILES string of the molecule is N#C/C=C1/CCCC[C@@H]1O. The van der Waals surface area contributed by atoms with Crippen LogP contribution in [0.25, 0.3) is 0 Å². The zero-order chi connectivity index (χ0) is 7.40. The Morgan fingerprint density at radius 2 is 2.40 bits per heavy atom. The van der Waals surface area contributed by atoms with Crippen molar-refractivity contribution >= 4 is 0 Å². The van der Waals surface area contributed by atoms with Gasteiger partial charge < -0.3 is 5.11 Å². The van der Waals surface area contributed by atoms with E-state index < -0.39 is 0 Å². The summed E-state index contributed by atoms with van der Waals surface area (Å²) in [6.07, 6.45) is 5.06. The molecule has 1 saturated carbocycles. The van der Waals surface area contributed by atoms with Gasteiger partial charge in [0.1, 0.15) is 0 Å². The molecule has 2 heteroatoms. The van der Waals surface area contributed by atoms with E-state index in [0.717, 1.165) is 31.3 Å². The average Bonchev–Trinajstić information content (AvgIpc) is 1.94. The van der Waals surface area contributed by atoms with Crippen molar-refractivity contribution in [3.05, 3.63) is 11.6 Å². The maximum absolute atomic E-state index is 9.28. The van der Waals surface area contributed by atoms with E-state index in [2.05, 4.69) is 0 Å². The zero-order valence-corrected chi connectivity index (χ0v) is 5.88. The number of hydrogen-bond acceptors (Lipinski definition) is 2. The van der Waals surface area contributed by atoms with E-state index in [1.54, 1.807) is 0 Å². The van der Waals surface area contributed by atoms with Gasteiger partial charge in [0.15, 0.2) is 0 Å². The van der Waals surface area contributed by atoms with E-state index in [9.17, 15) is 5.11 Å². The van der Waals surface area contributed by atoms with Crippen LogP contribution in [0.3, 0.4) is 0 Å². The molecule has 0 aromatic heterocycles. The second kappa shape index (κ2) is 3.38. The summed E-state index contributed by atoms with van der Waals surface area (Å²) in [6.45, 7) is 0. The first kappa shape index (κ1) is 7.30. The van der Waals surface area contributed by atoms with Crippen LogP contribution in [0.5, 0.6) is 0 Å². The number of nitrogens with zero attached hydrogens (tertiary/aromatic N) is 1. The summed E-state index contributed by atoms with van der Waals surface area (Å²) in [5.74, 6) is 0. The van der Waals surface area contributed by atoms with E-state index in [4.69, 9.17) is 5.26 Å². The van der Waals surface area contributed by atoms with Crippen molar-refractivity contribution in [1.82, 2.24) is 0 Å². The minimum absolute atomic E-state index is 0.339. The minimum atomic E-state index is -0.339. The van der Waals surface area contributed by atoms with Crippen molar-refractivity contribution in [2.24, 2.45) is 0 Å². The highest BCUT2D eigenvalue weighted by Crippen LogP contribution is 2.22. The molecule has 10 heavy (non-hydrogen) atoms. The third-order valence-electron chi connectivity index (χ3n) is 1.87.